The Hall–Kier alpha value is -2.46. The summed E-state index contributed by atoms with van der Waals surface area (Å²) in [5.41, 5.74) is 1.00. The molecule has 2 aromatic carbocycles. The van der Waals surface area contributed by atoms with Crippen LogP contribution in [0.1, 0.15) is 0 Å². The standard InChI is InChI=1S/C21H18BrCl2FN4O3/c1-31-7-8-32-17-10-15-12(9-16(17)28-18(30)3-2-6-22)21(27-11-26-15)29-14-5-4-13(23)19(24)20(14)25/h2-5,9-11H,6-8H2,1H3,(H,28,30)(H,26,27,29). The molecule has 0 fully saturated rings. The topological polar surface area (TPSA) is 85.4 Å². The SMILES string of the molecule is COCCOc1cc2ncnc(Nc3ccc(Cl)c(Cl)c3F)c2cc1NC(=O)C=CCBr. The van der Waals surface area contributed by atoms with Crippen molar-refractivity contribution in [2.24, 2.45) is 0 Å². The van der Waals surface area contributed by atoms with Gasteiger partial charge in [0.2, 0.25) is 5.91 Å². The van der Waals surface area contributed by atoms with E-state index in [1.54, 1.807) is 25.3 Å². The van der Waals surface area contributed by atoms with Crippen LogP contribution in [0, 0.1) is 5.82 Å². The summed E-state index contributed by atoms with van der Waals surface area (Å²) < 4.78 is 25.3. The molecule has 1 heterocycles. The summed E-state index contributed by atoms with van der Waals surface area (Å²) in [5.74, 6) is -0.344. The van der Waals surface area contributed by atoms with Gasteiger partial charge in [-0.05, 0) is 18.2 Å². The molecule has 2 N–H and O–H groups in total. The van der Waals surface area contributed by atoms with Crippen LogP contribution in [0.3, 0.4) is 0 Å². The second kappa shape index (κ2) is 11.4. The average molecular weight is 544 g/mol. The zero-order valence-corrected chi connectivity index (χ0v) is 19.9. The quantitative estimate of drug-likeness (QED) is 0.155. The second-order valence-corrected chi connectivity index (χ2v) is 7.76. The van der Waals surface area contributed by atoms with Crippen molar-refractivity contribution in [3.8, 4) is 5.75 Å². The summed E-state index contributed by atoms with van der Waals surface area (Å²) >= 11 is 15.0. The van der Waals surface area contributed by atoms with Gasteiger partial charge in [-0.15, -0.1) is 0 Å². The Morgan fingerprint density at radius 1 is 1.22 bits per heavy atom. The van der Waals surface area contributed by atoms with E-state index >= 15 is 0 Å². The highest BCUT2D eigenvalue weighted by atomic mass is 79.9. The Morgan fingerprint density at radius 3 is 2.78 bits per heavy atom. The number of benzene rings is 2. The van der Waals surface area contributed by atoms with E-state index in [9.17, 15) is 9.18 Å². The summed E-state index contributed by atoms with van der Waals surface area (Å²) in [6.07, 6.45) is 4.38. The van der Waals surface area contributed by atoms with Gasteiger partial charge in [0.05, 0.1) is 33.5 Å². The number of aromatic nitrogens is 2. The van der Waals surface area contributed by atoms with Gasteiger partial charge in [0.1, 0.15) is 24.5 Å². The molecule has 0 aliphatic heterocycles. The fourth-order valence-electron chi connectivity index (χ4n) is 2.71. The number of alkyl halides is 1. The Bertz CT molecular complexity index is 1160. The smallest absolute Gasteiger partial charge is 0.248 e. The summed E-state index contributed by atoms with van der Waals surface area (Å²) in [5, 5.41) is 6.64. The van der Waals surface area contributed by atoms with Gasteiger partial charge in [-0.25, -0.2) is 14.4 Å². The predicted molar refractivity (Wildman–Crippen MR) is 128 cm³/mol. The molecule has 3 rings (SSSR count). The Morgan fingerprint density at radius 2 is 2.03 bits per heavy atom. The highest BCUT2D eigenvalue weighted by molar-refractivity contribution is 9.09. The first kappa shape index (κ1) is 24.2. The summed E-state index contributed by atoms with van der Waals surface area (Å²) in [4.78, 5) is 20.7. The van der Waals surface area contributed by atoms with Gasteiger partial charge in [0.25, 0.3) is 0 Å². The minimum atomic E-state index is -0.709. The van der Waals surface area contributed by atoms with Crippen LogP contribution in [-0.4, -0.2) is 41.5 Å². The van der Waals surface area contributed by atoms with Crippen LogP contribution in [0.5, 0.6) is 5.75 Å². The van der Waals surface area contributed by atoms with E-state index in [1.165, 1.54) is 24.5 Å². The molecule has 0 unspecified atom stereocenters. The van der Waals surface area contributed by atoms with E-state index in [4.69, 9.17) is 32.7 Å². The Labute approximate surface area is 202 Å². The van der Waals surface area contributed by atoms with Gasteiger partial charge in [-0.1, -0.05) is 45.2 Å². The normalized spacial score (nSPS) is 11.2. The molecule has 0 radical (unpaired) electrons. The highest BCUT2D eigenvalue weighted by Crippen LogP contribution is 2.35. The number of halogens is 4. The van der Waals surface area contributed by atoms with Crippen molar-refractivity contribution < 1.29 is 18.7 Å². The average Bonchev–Trinajstić information content (AvgIpc) is 2.78. The number of hydrogen-bond acceptors (Lipinski definition) is 6. The number of nitrogens with zero attached hydrogens (tertiary/aromatic N) is 2. The number of nitrogens with one attached hydrogen (secondary N) is 2. The lowest BCUT2D eigenvalue weighted by Gasteiger charge is -2.15. The molecule has 0 saturated heterocycles. The number of allylic oxidation sites excluding steroid dienone is 1. The first-order valence-electron chi connectivity index (χ1n) is 9.29. The second-order valence-electron chi connectivity index (χ2n) is 6.32. The molecule has 1 amide bonds. The molecule has 0 aliphatic carbocycles. The third kappa shape index (κ3) is 5.86. The van der Waals surface area contributed by atoms with Crippen molar-refractivity contribution in [2.75, 3.05) is 36.3 Å². The molecule has 168 valence electrons. The van der Waals surface area contributed by atoms with Crippen LogP contribution in [0.15, 0.2) is 42.7 Å². The molecular weight excluding hydrogens is 526 g/mol. The van der Waals surface area contributed by atoms with Gasteiger partial charge in [-0.2, -0.15) is 0 Å². The molecule has 11 heteroatoms. The zero-order valence-electron chi connectivity index (χ0n) is 16.8. The van der Waals surface area contributed by atoms with Crippen LogP contribution in [0.4, 0.5) is 21.6 Å². The summed E-state index contributed by atoms with van der Waals surface area (Å²) in [7, 11) is 1.56. The van der Waals surface area contributed by atoms with Crippen LogP contribution >= 0.6 is 39.1 Å². The number of carbonyl (C=O) groups excluding carboxylic acids is 1. The van der Waals surface area contributed by atoms with Gasteiger partial charge >= 0.3 is 0 Å². The monoisotopic (exact) mass is 542 g/mol. The third-order valence-corrected chi connectivity index (χ3v) is 5.34. The van der Waals surface area contributed by atoms with Crippen LogP contribution in [0.25, 0.3) is 10.9 Å². The van der Waals surface area contributed by atoms with E-state index in [0.717, 1.165) is 0 Å². The molecule has 0 spiro atoms. The predicted octanol–water partition coefficient (Wildman–Crippen LogP) is 5.73. The van der Waals surface area contributed by atoms with Gasteiger partial charge in [0.15, 0.2) is 5.82 Å². The number of rotatable bonds is 9. The minimum Gasteiger partial charge on any atom is -0.489 e. The number of fused-ring (bicyclic) bond motifs is 1. The van der Waals surface area contributed by atoms with Crippen molar-refractivity contribution in [1.82, 2.24) is 9.97 Å². The van der Waals surface area contributed by atoms with Gasteiger partial charge in [0, 0.05) is 30.0 Å². The van der Waals surface area contributed by atoms with Crippen molar-refractivity contribution in [2.45, 2.75) is 0 Å². The molecule has 0 saturated carbocycles. The van der Waals surface area contributed by atoms with Gasteiger partial charge < -0.3 is 20.1 Å². The molecule has 7 nitrogen and oxygen atoms in total. The number of methoxy groups -OCH3 is 1. The highest BCUT2D eigenvalue weighted by Gasteiger charge is 2.16. The van der Waals surface area contributed by atoms with E-state index in [0.29, 0.717) is 40.1 Å². The molecule has 0 atom stereocenters. The molecular formula is C21H18BrCl2FN4O3. The summed E-state index contributed by atoms with van der Waals surface area (Å²) in [6.45, 7) is 0.634. The van der Waals surface area contributed by atoms with E-state index in [1.807, 2.05) is 0 Å². The Kier molecular flexibility index (Phi) is 8.63. The van der Waals surface area contributed by atoms with E-state index < -0.39 is 5.82 Å². The molecule has 32 heavy (non-hydrogen) atoms. The third-order valence-electron chi connectivity index (χ3n) is 4.19. The van der Waals surface area contributed by atoms with Crippen molar-refractivity contribution in [1.29, 1.82) is 0 Å². The van der Waals surface area contributed by atoms with E-state index in [-0.39, 0.29) is 28.2 Å². The lowest BCUT2D eigenvalue weighted by atomic mass is 10.1. The lowest BCUT2D eigenvalue weighted by Crippen LogP contribution is -2.12. The number of ether oxygens (including phenoxy) is 2. The van der Waals surface area contributed by atoms with Crippen molar-refractivity contribution in [3.05, 3.63) is 58.6 Å². The van der Waals surface area contributed by atoms with Crippen LogP contribution in [0.2, 0.25) is 10.0 Å². The fraction of sp³-hybridized carbons (Fsp3) is 0.190. The maximum absolute atomic E-state index is 14.5. The molecule has 0 aliphatic rings. The number of anilines is 3. The van der Waals surface area contributed by atoms with Crippen LogP contribution < -0.4 is 15.4 Å². The minimum absolute atomic E-state index is 0.0886. The van der Waals surface area contributed by atoms with Crippen molar-refractivity contribution >= 4 is 73.1 Å². The fourth-order valence-corrected chi connectivity index (χ4v) is 3.21. The summed E-state index contributed by atoms with van der Waals surface area (Å²) in [6, 6.07) is 6.23. The Balaban J connectivity index is 2.03. The van der Waals surface area contributed by atoms with Crippen molar-refractivity contribution in [3.63, 3.8) is 0 Å². The first-order valence-corrected chi connectivity index (χ1v) is 11.2. The first-order chi connectivity index (χ1) is 15.4. The van der Waals surface area contributed by atoms with Gasteiger partial charge in [-0.3, -0.25) is 4.79 Å². The van der Waals surface area contributed by atoms with Crippen LogP contribution in [-0.2, 0) is 9.53 Å². The number of hydrogen-bond donors (Lipinski definition) is 2. The molecule has 1 aromatic heterocycles. The maximum Gasteiger partial charge on any atom is 0.248 e. The maximum atomic E-state index is 14.5. The number of amides is 1. The zero-order chi connectivity index (χ0) is 23.1. The number of carbonyl (C=O) groups is 1. The van der Waals surface area contributed by atoms with E-state index in [2.05, 4.69) is 36.5 Å². The lowest BCUT2D eigenvalue weighted by molar-refractivity contribution is -0.111. The molecule has 0 bridgehead atoms. The largest absolute Gasteiger partial charge is 0.489 e. The molecule has 3 aromatic rings.